The van der Waals surface area contributed by atoms with Gasteiger partial charge in [0.1, 0.15) is 0 Å². The summed E-state index contributed by atoms with van der Waals surface area (Å²) in [5, 5.41) is 4.07. The molecule has 2 aromatic rings. The highest BCUT2D eigenvalue weighted by molar-refractivity contribution is 5.81. The van der Waals surface area contributed by atoms with Crippen LogP contribution in [0.15, 0.2) is 36.5 Å². The molecule has 1 unspecified atom stereocenters. The number of amides is 1. The summed E-state index contributed by atoms with van der Waals surface area (Å²) < 4.78 is 0. The van der Waals surface area contributed by atoms with E-state index in [0.717, 1.165) is 22.9 Å². The van der Waals surface area contributed by atoms with Crippen LogP contribution in [0.1, 0.15) is 18.9 Å². The van der Waals surface area contributed by atoms with Gasteiger partial charge in [-0.2, -0.15) is 0 Å². The lowest BCUT2D eigenvalue weighted by atomic mass is 10.1. The van der Waals surface area contributed by atoms with E-state index >= 15 is 0 Å². The minimum atomic E-state index is 0.0659. The molecule has 4 nitrogen and oxygen atoms in total. The summed E-state index contributed by atoms with van der Waals surface area (Å²) in [6, 6.07) is 10.1. The summed E-state index contributed by atoms with van der Waals surface area (Å²) in [5.74, 6) is 0.297. The number of carbonyl (C=O) groups is 1. The molecule has 0 aliphatic carbocycles. The first-order valence-corrected chi connectivity index (χ1v) is 7.00. The molecule has 0 bridgehead atoms. The number of para-hydroxylation sites is 1. The standard InChI is InChI=1S/C16H21N3O/c1-12(11-17)10-15(20)18-9-7-14-5-2-4-13-6-3-8-19-16(13)14/h2-6,8,12H,7,9-11,17H2,1H3,(H,18,20). The summed E-state index contributed by atoms with van der Waals surface area (Å²) >= 11 is 0. The maximum absolute atomic E-state index is 11.7. The molecule has 1 aromatic heterocycles. The smallest absolute Gasteiger partial charge is 0.220 e. The first-order valence-electron chi connectivity index (χ1n) is 7.00. The van der Waals surface area contributed by atoms with Crippen molar-refractivity contribution in [2.45, 2.75) is 19.8 Å². The number of benzene rings is 1. The highest BCUT2D eigenvalue weighted by atomic mass is 16.1. The van der Waals surface area contributed by atoms with Gasteiger partial charge in [0, 0.05) is 24.5 Å². The number of nitrogens with zero attached hydrogens (tertiary/aromatic N) is 1. The van der Waals surface area contributed by atoms with Crippen molar-refractivity contribution in [3.05, 3.63) is 42.1 Å². The number of rotatable bonds is 6. The molecular formula is C16H21N3O. The summed E-state index contributed by atoms with van der Waals surface area (Å²) in [4.78, 5) is 16.1. The van der Waals surface area contributed by atoms with Gasteiger partial charge in [0.2, 0.25) is 5.91 Å². The molecule has 1 atom stereocenters. The Bertz CT molecular complexity index is 577. The van der Waals surface area contributed by atoms with Crippen LogP contribution >= 0.6 is 0 Å². The zero-order chi connectivity index (χ0) is 14.4. The number of carbonyl (C=O) groups excluding carboxylic acids is 1. The Morgan fingerprint density at radius 1 is 1.35 bits per heavy atom. The van der Waals surface area contributed by atoms with E-state index in [0.29, 0.717) is 19.5 Å². The molecule has 0 fully saturated rings. The fourth-order valence-electron chi connectivity index (χ4n) is 2.18. The van der Waals surface area contributed by atoms with Crippen LogP contribution in [0.3, 0.4) is 0 Å². The van der Waals surface area contributed by atoms with Crippen molar-refractivity contribution < 1.29 is 4.79 Å². The summed E-state index contributed by atoms with van der Waals surface area (Å²) in [6.45, 7) is 3.15. The van der Waals surface area contributed by atoms with Crippen LogP contribution in [0.2, 0.25) is 0 Å². The van der Waals surface area contributed by atoms with Crippen LogP contribution in [0.25, 0.3) is 10.9 Å². The predicted molar refractivity (Wildman–Crippen MR) is 81.3 cm³/mol. The van der Waals surface area contributed by atoms with E-state index in [1.165, 1.54) is 0 Å². The molecule has 0 saturated carbocycles. The molecule has 1 aromatic carbocycles. The number of nitrogens with two attached hydrogens (primary N) is 1. The van der Waals surface area contributed by atoms with E-state index in [1.807, 2.05) is 31.2 Å². The summed E-state index contributed by atoms with van der Waals surface area (Å²) in [6.07, 6.45) is 3.08. The van der Waals surface area contributed by atoms with Gasteiger partial charge in [-0.3, -0.25) is 9.78 Å². The highest BCUT2D eigenvalue weighted by Crippen LogP contribution is 2.15. The molecule has 0 radical (unpaired) electrons. The molecule has 0 saturated heterocycles. The van der Waals surface area contributed by atoms with Crippen LogP contribution in [0, 0.1) is 5.92 Å². The van der Waals surface area contributed by atoms with Crippen molar-refractivity contribution in [3.63, 3.8) is 0 Å². The van der Waals surface area contributed by atoms with Gasteiger partial charge < -0.3 is 11.1 Å². The fraction of sp³-hybridized carbons (Fsp3) is 0.375. The van der Waals surface area contributed by atoms with E-state index < -0.39 is 0 Å². The number of fused-ring (bicyclic) bond motifs is 1. The van der Waals surface area contributed by atoms with Crippen LogP contribution in [-0.4, -0.2) is 24.0 Å². The SMILES string of the molecule is CC(CN)CC(=O)NCCc1cccc2cccnc12. The fourth-order valence-corrected chi connectivity index (χ4v) is 2.18. The van der Waals surface area contributed by atoms with Crippen molar-refractivity contribution in [3.8, 4) is 0 Å². The van der Waals surface area contributed by atoms with Crippen LogP contribution in [-0.2, 0) is 11.2 Å². The topological polar surface area (TPSA) is 68.0 Å². The Balaban J connectivity index is 1.92. The lowest BCUT2D eigenvalue weighted by molar-refractivity contribution is -0.121. The molecule has 1 heterocycles. The highest BCUT2D eigenvalue weighted by Gasteiger charge is 2.07. The molecule has 3 N–H and O–H groups in total. The van der Waals surface area contributed by atoms with E-state index in [9.17, 15) is 4.79 Å². The lowest BCUT2D eigenvalue weighted by Crippen LogP contribution is -2.28. The summed E-state index contributed by atoms with van der Waals surface area (Å²) in [7, 11) is 0. The molecule has 20 heavy (non-hydrogen) atoms. The first-order chi connectivity index (χ1) is 9.70. The van der Waals surface area contributed by atoms with Crippen LogP contribution in [0.5, 0.6) is 0 Å². The molecule has 0 spiro atoms. The van der Waals surface area contributed by atoms with Gasteiger partial charge in [-0.25, -0.2) is 0 Å². The Kier molecular flexibility index (Phi) is 5.07. The third-order valence-electron chi connectivity index (χ3n) is 3.37. The number of aromatic nitrogens is 1. The van der Waals surface area contributed by atoms with Gasteiger partial charge in [-0.1, -0.05) is 31.2 Å². The molecule has 1 amide bonds. The minimum absolute atomic E-state index is 0.0659. The molecule has 106 valence electrons. The zero-order valence-electron chi connectivity index (χ0n) is 11.8. The number of hydrogen-bond donors (Lipinski definition) is 2. The monoisotopic (exact) mass is 271 g/mol. The maximum Gasteiger partial charge on any atom is 0.220 e. The predicted octanol–water partition coefficient (Wildman–Crippen LogP) is 1.88. The van der Waals surface area contributed by atoms with Gasteiger partial charge in [0.05, 0.1) is 5.52 Å². The number of nitrogens with one attached hydrogen (secondary N) is 1. The Labute approximate surface area is 119 Å². The van der Waals surface area contributed by atoms with E-state index in [1.54, 1.807) is 6.20 Å². The Morgan fingerprint density at radius 3 is 2.95 bits per heavy atom. The quantitative estimate of drug-likeness (QED) is 0.843. The van der Waals surface area contributed by atoms with Gasteiger partial charge in [-0.05, 0) is 30.5 Å². The first kappa shape index (κ1) is 14.5. The van der Waals surface area contributed by atoms with Crippen LogP contribution < -0.4 is 11.1 Å². The van der Waals surface area contributed by atoms with E-state index in [-0.39, 0.29) is 11.8 Å². The normalized spacial score (nSPS) is 12.3. The Hall–Kier alpha value is -1.94. The van der Waals surface area contributed by atoms with E-state index in [4.69, 9.17) is 5.73 Å². The molecular weight excluding hydrogens is 250 g/mol. The lowest BCUT2D eigenvalue weighted by Gasteiger charge is -2.10. The second-order valence-electron chi connectivity index (χ2n) is 5.14. The van der Waals surface area contributed by atoms with Crippen molar-refractivity contribution in [2.24, 2.45) is 11.7 Å². The largest absolute Gasteiger partial charge is 0.356 e. The maximum atomic E-state index is 11.7. The zero-order valence-corrected chi connectivity index (χ0v) is 11.8. The second kappa shape index (κ2) is 7.01. The third-order valence-corrected chi connectivity index (χ3v) is 3.37. The van der Waals surface area contributed by atoms with Gasteiger partial charge >= 0.3 is 0 Å². The minimum Gasteiger partial charge on any atom is -0.356 e. The third kappa shape index (κ3) is 3.78. The van der Waals surface area contributed by atoms with Gasteiger partial charge in [0.25, 0.3) is 0 Å². The Morgan fingerprint density at radius 2 is 2.15 bits per heavy atom. The molecule has 2 rings (SSSR count). The van der Waals surface area contributed by atoms with Crippen molar-refractivity contribution >= 4 is 16.8 Å². The average Bonchev–Trinajstić information content (AvgIpc) is 2.47. The molecule has 4 heteroatoms. The van der Waals surface area contributed by atoms with Crippen molar-refractivity contribution in [1.82, 2.24) is 10.3 Å². The molecule has 0 aliphatic heterocycles. The molecule has 0 aliphatic rings. The average molecular weight is 271 g/mol. The number of pyridine rings is 1. The van der Waals surface area contributed by atoms with Crippen molar-refractivity contribution in [2.75, 3.05) is 13.1 Å². The number of hydrogen-bond acceptors (Lipinski definition) is 3. The summed E-state index contributed by atoms with van der Waals surface area (Å²) in [5.41, 5.74) is 7.69. The van der Waals surface area contributed by atoms with E-state index in [2.05, 4.69) is 16.4 Å². The van der Waals surface area contributed by atoms with Crippen molar-refractivity contribution in [1.29, 1.82) is 0 Å². The second-order valence-corrected chi connectivity index (χ2v) is 5.14. The van der Waals surface area contributed by atoms with Gasteiger partial charge in [0.15, 0.2) is 0 Å². The van der Waals surface area contributed by atoms with Crippen LogP contribution in [0.4, 0.5) is 0 Å². The van der Waals surface area contributed by atoms with Gasteiger partial charge in [-0.15, -0.1) is 0 Å².